The first-order valence-corrected chi connectivity index (χ1v) is 21.0. The molecule has 1 N–H and O–H groups in total. The Labute approximate surface area is 299 Å². The van der Waals surface area contributed by atoms with Gasteiger partial charge >= 0.3 is 15.6 Å². The van der Waals surface area contributed by atoms with E-state index in [-0.39, 0.29) is 18.6 Å². The number of unbranched alkanes of at least 4 members (excludes halogenated alkanes) is 3. The van der Waals surface area contributed by atoms with Crippen LogP contribution in [0, 0.1) is 11.3 Å². The minimum Gasteiger partial charge on any atom is -0.371 e. The van der Waals surface area contributed by atoms with Gasteiger partial charge in [0, 0.05) is 24.9 Å². The van der Waals surface area contributed by atoms with Crippen molar-refractivity contribution in [2.24, 2.45) is 11.3 Å². The third-order valence-electron chi connectivity index (χ3n) is 8.35. The molecule has 0 unspecified atom stereocenters. The zero-order valence-corrected chi connectivity index (χ0v) is 34.7. The number of imidazole rings is 1. The van der Waals surface area contributed by atoms with E-state index in [2.05, 4.69) is 16.8 Å². The van der Waals surface area contributed by atoms with E-state index in [1.54, 1.807) is 47.9 Å². The van der Waals surface area contributed by atoms with Gasteiger partial charge in [-0.2, -0.15) is 0 Å². The summed E-state index contributed by atoms with van der Waals surface area (Å²) in [6.45, 7) is 23.9. The number of phosphoric ester groups is 2. The fraction of sp³-hybridized carbons (Fsp3) is 0.857. The van der Waals surface area contributed by atoms with Crippen LogP contribution in [0.5, 0.6) is 0 Å². The number of nitrogens with one attached hydrogen (secondary N) is 1. The number of phosphoric acid groups is 2. The number of anilines is 1. The van der Waals surface area contributed by atoms with E-state index in [9.17, 15) is 9.13 Å². The lowest BCUT2D eigenvalue weighted by Gasteiger charge is -2.35. The second-order valence-corrected chi connectivity index (χ2v) is 20.8. The number of fused-ring (bicyclic) bond motifs is 2. The van der Waals surface area contributed by atoms with Crippen LogP contribution in [-0.4, -0.2) is 61.7 Å². The van der Waals surface area contributed by atoms with Gasteiger partial charge in [-0.1, -0.05) is 26.2 Å². The molecule has 0 aliphatic heterocycles. The third kappa shape index (κ3) is 10.8. The molecule has 2 saturated carbocycles. The Morgan fingerprint density at radius 1 is 0.840 bits per heavy atom. The predicted octanol–water partition coefficient (Wildman–Crippen LogP) is 9.82. The summed E-state index contributed by atoms with van der Waals surface area (Å²) in [6.07, 6.45) is 7.45. The van der Waals surface area contributed by atoms with Crippen LogP contribution in [0.25, 0.3) is 11.2 Å². The van der Waals surface area contributed by atoms with Crippen LogP contribution in [-0.2, 0) is 42.7 Å². The number of hydrogen-bond acceptors (Lipinski definition) is 12. The van der Waals surface area contributed by atoms with Gasteiger partial charge in [0.05, 0.1) is 41.4 Å². The maximum absolute atomic E-state index is 14.5. The lowest BCUT2D eigenvalue weighted by Crippen LogP contribution is -2.32. The van der Waals surface area contributed by atoms with Gasteiger partial charge in [-0.05, 0) is 108 Å². The van der Waals surface area contributed by atoms with Crippen molar-refractivity contribution >= 4 is 32.6 Å². The Morgan fingerprint density at radius 2 is 1.40 bits per heavy atom. The average molecular weight is 744 g/mol. The third-order valence-corrected chi connectivity index (χ3v) is 12.4. The van der Waals surface area contributed by atoms with Gasteiger partial charge in [-0.3, -0.25) is 27.1 Å². The van der Waals surface area contributed by atoms with E-state index >= 15 is 0 Å². The predicted molar refractivity (Wildman–Crippen MR) is 196 cm³/mol. The summed E-state index contributed by atoms with van der Waals surface area (Å²) >= 11 is 0. The highest BCUT2D eigenvalue weighted by Gasteiger charge is 2.70. The van der Waals surface area contributed by atoms with Crippen molar-refractivity contribution in [1.29, 1.82) is 0 Å². The quantitative estimate of drug-likeness (QED) is 0.129. The Balaban J connectivity index is 1.75. The zero-order chi connectivity index (χ0) is 37.6. The first-order chi connectivity index (χ1) is 22.8. The van der Waals surface area contributed by atoms with E-state index in [4.69, 9.17) is 42.1 Å². The molecule has 286 valence electrons. The Bertz CT molecular complexity index is 1530. The molecule has 2 heterocycles. The summed E-state index contributed by atoms with van der Waals surface area (Å²) in [4.78, 5) is 14.5. The molecule has 4 rings (SSSR count). The maximum atomic E-state index is 14.5. The van der Waals surface area contributed by atoms with Gasteiger partial charge in [-0.15, -0.1) is 0 Å². The fourth-order valence-electron chi connectivity index (χ4n) is 6.60. The van der Waals surface area contributed by atoms with Gasteiger partial charge < -0.3 is 9.88 Å². The van der Waals surface area contributed by atoms with Crippen LogP contribution in [0.4, 0.5) is 5.82 Å². The van der Waals surface area contributed by atoms with E-state index in [1.807, 2.05) is 48.6 Å². The van der Waals surface area contributed by atoms with E-state index < -0.39 is 49.6 Å². The van der Waals surface area contributed by atoms with Crippen LogP contribution in [0.15, 0.2) is 6.33 Å². The summed E-state index contributed by atoms with van der Waals surface area (Å²) in [5.41, 5.74) is -2.55. The molecule has 2 aliphatic carbocycles. The highest BCUT2D eigenvalue weighted by atomic mass is 31.2. The normalized spacial score (nSPS) is 23.4. The van der Waals surface area contributed by atoms with E-state index in [0.717, 1.165) is 37.2 Å². The molecule has 2 aromatic rings. The molecule has 0 radical (unpaired) electrons. The molecular weight excluding hydrogens is 680 g/mol. The maximum Gasteiger partial charge on any atom is 0.476 e. The zero-order valence-electron chi connectivity index (χ0n) is 32.9. The fourth-order valence-corrected chi connectivity index (χ4v) is 10.6. The molecule has 4 atom stereocenters. The van der Waals surface area contributed by atoms with Gasteiger partial charge in [0.15, 0.2) is 11.5 Å². The molecule has 0 spiro atoms. The number of aromatic nitrogens is 4. The van der Waals surface area contributed by atoms with Gasteiger partial charge in [0.1, 0.15) is 11.3 Å². The summed E-state index contributed by atoms with van der Waals surface area (Å²) in [7, 11) is -6.36. The van der Waals surface area contributed by atoms with Crippen molar-refractivity contribution in [3.63, 3.8) is 0 Å². The summed E-state index contributed by atoms with van der Waals surface area (Å²) in [5, 5.41) is 3.20. The standard InChI is InChI=1S/C35H63N5O8P2/c1-15-16-17-18-19-27-38-29(36-14)28-30(39-27)40(23-37-28)25-20-26(44-50(42,47-33(8,9)10)48-34(11,12)13)35(21-24(25)35)22-43-49(41,45-31(2,3)4)46-32(5,6)7/h23-26H,15-22H2,1-14H3,(H,36,38,39)/t24-,25+,26+,35-/m1/s1. The van der Waals surface area contributed by atoms with Gasteiger partial charge in [-0.25, -0.2) is 24.1 Å². The van der Waals surface area contributed by atoms with Crippen LogP contribution < -0.4 is 5.32 Å². The highest BCUT2D eigenvalue weighted by Crippen LogP contribution is 2.73. The number of rotatable bonds is 16. The van der Waals surface area contributed by atoms with Crippen LogP contribution in [0.2, 0.25) is 0 Å². The number of aryl methyl sites for hydroxylation is 1. The van der Waals surface area contributed by atoms with E-state index in [1.165, 1.54) is 6.42 Å². The molecule has 50 heavy (non-hydrogen) atoms. The minimum absolute atomic E-state index is 0.0126. The monoisotopic (exact) mass is 743 g/mol. The summed E-state index contributed by atoms with van der Waals surface area (Å²) in [6, 6.07) is -0.148. The summed E-state index contributed by atoms with van der Waals surface area (Å²) < 4.78 is 67.6. The second-order valence-electron chi connectivity index (χ2n) is 17.8. The Hall–Kier alpha value is -1.43. The lowest BCUT2D eigenvalue weighted by atomic mass is 10.0. The molecule has 2 aromatic heterocycles. The smallest absolute Gasteiger partial charge is 0.371 e. The molecule has 0 saturated heterocycles. The Kier molecular flexibility index (Phi) is 12.2. The first kappa shape index (κ1) is 41.3. The van der Waals surface area contributed by atoms with Crippen LogP contribution >= 0.6 is 15.6 Å². The Morgan fingerprint density at radius 3 is 1.92 bits per heavy atom. The molecule has 2 fully saturated rings. The van der Waals surface area contributed by atoms with E-state index in [0.29, 0.717) is 24.2 Å². The van der Waals surface area contributed by atoms with Gasteiger partial charge in [0.2, 0.25) is 0 Å². The van der Waals surface area contributed by atoms with Crippen molar-refractivity contribution < 1.29 is 36.3 Å². The first-order valence-electron chi connectivity index (χ1n) is 18.1. The van der Waals surface area contributed by atoms with Crippen LogP contribution in [0.1, 0.15) is 140 Å². The van der Waals surface area contributed by atoms with Crippen LogP contribution in [0.3, 0.4) is 0 Å². The molecule has 0 amide bonds. The molecule has 2 aliphatic rings. The van der Waals surface area contributed by atoms with Gasteiger partial charge in [0.25, 0.3) is 0 Å². The van der Waals surface area contributed by atoms with Crippen molar-refractivity contribution in [3.8, 4) is 0 Å². The van der Waals surface area contributed by atoms with Crippen molar-refractivity contribution in [2.75, 3.05) is 19.0 Å². The SMILES string of the molecule is CCCCCCc1nc(NC)c2ncn([C@H]3C[C@H](OP(=O)(OC(C)(C)C)OC(C)(C)C)[C@@]4(COP(=O)(OC(C)(C)C)OC(C)(C)C)C[C@H]34)c2n1. The molecule has 13 nitrogen and oxygen atoms in total. The highest BCUT2D eigenvalue weighted by molar-refractivity contribution is 7.48. The molecule has 15 heteroatoms. The van der Waals surface area contributed by atoms with Crippen molar-refractivity contribution in [3.05, 3.63) is 12.2 Å². The average Bonchev–Trinajstić information content (AvgIpc) is 3.38. The lowest BCUT2D eigenvalue weighted by molar-refractivity contribution is -0.0352. The molecular formula is C35H63N5O8P2. The van der Waals surface area contributed by atoms with Crippen molar-refractivity contribution in [2.45, 2.75) is 170 Å². The number of hydrogen-bond donors (Lipinski definition) is 1. The molecule has 0 aromatic carbocycles. The summed E-state index contributed by atoms with van der Waals surface area (Å²) in [5.74, 6) is 1.43. The van der Waals surface area contributed by atoms with Crippen molar-refractivity contribution in [1.82, 2.24) is 19.5 Å². The number of nitrogens with zero attached hydrogens (tertiary/aromatic N) is 4. The second kappa shape index (κ2) is 14.8. The largest absolute Gasteiger partial charge is 0.476 e. The topological polar surface area (TPSA) is 145 Å². The minimum atomic E-state index is -4.13. The molecule has 0 bridgehead atoms.